The van der Waals surface area contributed by atoms with Crippen molar-refractivity contribution in [2.75, 3.05) is 33.0 Å². The van der Waals surface area contributed by atoms with Crippen LogP contribution in [0.1, 0.15) is 36.3 Å². The smallest absolute Gasteiger partial charge is 0.407 e. The van der Waals surface area contributed by atoms with E-state index < -0.39 is 30.2 Å². The summed E-state index contributed by atoms with van der Waals surface area (Å²) in [5, 5.41) is 11.1. The van der Waals surface area contributed by atoms with Crippen molar-refractivity contribution in [3.05, 3.63) is 59.7 Å². The highest BCUT2D eigenvalue weighted by molar-refractivity contribution is 6.32. The molecule has 2 N–H and O–H groups in total. The summed E-state index contributed by atoms with van der Waals surface area (Å²) in [4.78, 5) is 44.8. The van der Waals surface area contributed by atoms with E-state index in [0.717, 1.165) is 11.1 Å². The first-order valence-electron chi connectivity index (χ1n) is 11.1. The van der Waals surface area contributed by atoms with Crippen LogP contribution in [0.4, 0.5) is 4.79 Å². The molecule has 9 heteroatoms. The van der Waals surface area contributed by atoms with Gasteiger partial charge in [-0.25, -0.2) is 9.59 Å². The van der Waals surface area contributed by atoms with E-state index >= 15 is 0 Å². The van der Waals surface area contributed by atoms with E-state index in [0.29, 0.717) is 19.6 Å². The summed E-state index contributed by atoms with van der Waals surface area (Å²) in [7, 11) is 0. The second kappa shape index (κ2) is 12.5. The number of esters is 1. The van der Waals surface area contributed by atoms with Crippen LogP contribution in [0.5, 0.6) is 0 Å². The summed E-state index contributed by atoms with van der Waals surface area (Å²) in [6.45, 7) is 1.12. The molecule has 1 amide bonds. The molecule has 1 aliphatic rings. The van der Waals surface area contributed by atoms with Crippen molar-refractivity contribution in [2.45, 2.75) is 25.2 Å². The summed E-state index contributed by atoms with van der Waals surface area (Å²) in [5.41, 5.74) is 4.64. The Morgan fingerprint density at radius 3 is 2.12 bits per heavy atom. The van der Waals surface area contributed by atoms with Crippen molar-refractivity contribution >= 4 is 23.8 Å². The Hall–Kier alpha value is -3.72. The molecule has 180 valence electrons. The fourth-order valence-electron chi connectivity index (χ4n) is 3.73. The van der Waals surface area contributed by atoms with Gasteiger partial charge in [0.2, 0.25) is 5.78 Å². The molecular formula is C25H27NO8. The van der Waals surface area contributed by atoms with Gasteiger partial charge in [0.05, 0.1) is 13.0 Å². The fraction of sp³-hybridized carbons (Fsp3) is 0.360. The van der Waals surface area contributed by atoms with Crippen LogP contribution in [0.15, 0.2) is 48.5 Å². The standard InChI is InChI=1S/C25H27NO8/c27-22(24(29)30)10-11-23(28)33-15-14-32-13-5-12-26-25(31)34-16-21-19-8-3-1-6-17(19)18-7-2-4-9-20(18)21/h1-4,6-9,21H,5,10-16H2,(H,26,31)(H,29,30). The zero-order chi connectivity index (χ0) is 24.3. The summed E-state index contributed by atoms with van der Waals surface area (Å²) in [6.07, 6.45) is -0.622. The second-order valence-corrected chi connectivity index (χ2v) is 7.67. The highest BCUT2D eigenvalue weighted by Gasteiger charge is 2.28. The lowest BCUT2D eigenvalue weighted by Gasteiger charge is -2.14. The number of amides is 1. The molecule has 1 aliphatic carbocycles. The van der Waals surface area contributed by atoms with Crippen molar-refractivity contribution < 1.29 is 38.5 Å². The number of carbonyl (C=O) groups is 4. The van der Waals surface area contributed by atoms with Gasteiger partial charge >= 0.3 is 18.0 Å². The molecule has 0 radical (unpaired) electrons. The van der Waals surface area contributed by atoms with Gasteiger partial charge in [0, 0.05) is 25.5 Å². The number of ether oxygens (including phenoxy) is 3. The van der Waals surface area contributed by atoms with E-state index in [2.05, 4.69) is 29.6 Å². The van der Waals surface area contributed by atoms with Gasteiger partial charge in [-0.15, -0.1) is 0 Å². The second-order valence-electron chi connectivity index (χ2n) is 7.67. The fourth-order valence-corrected chi connectivity index (χ4v) is 3.73. The Bertz CT molecular complexity index is 990. The summed E-state index contributed by atoms with van der Waals surface area (Å²) < 4.78 is 15.6. The molecule has 0 unspecified atom stereocenters. The van der Waals surface area contributed by atoms with Gasteiger partial charge in [-0.3, -0.25) is 9.59 Å². The van der Waals surface area contributed by atoms with Gasteiger partial charge in [-0.1, -0.05) is 48.5 Å². The summed E-state index contributed by atoms with van der Waals surface area (Å²) in [6, 6.07) is 16.3. The van der Waals surface area contributed by atoms with E-state index in [9.17, 15) is 19.2 Å². The lowest BCUT2D eigenvalue weighted by atomic mass is 9.98. The predicted molar refractivity (Wildman–Crippen MR) is 121 cm³/mol. The van der Waals surface area contributed by atoms with E-state index in [-0.39, 0.29) is 32.2 Å². The molecule has 0 atom stereocenters. The molecular weight excluding hydrogens is 442 g/mol. The normalized spacial score (nSPS) is 11.9. The Kier molecular flexibility index (Phi) is 9.16. The minimum Gasteiger partial charge on any atom is -0.476 e. The molecule has 0 fully saturated rings. The van der Waals surface area contributed by atoms with Crippen LogP contribution in [-0.4, -0.2) is 61.9 Å². The maximum absolute atomic E-state index is 12.1. The quantitative estimate of drug-likeness (QED) is 0.260. The highest BCUT2D eigenvalue weighted by atomic mass is 16.6. The Morgan fingerprint density at radius 2 is 1.47 bits per heavy atom. The SMILES string of the molecule is O=C(CCC(=O)C(=O)O)OCCOCCCNC(=O)OCC1c2ccccc2-c2ccccc21. The number of carboxylic acid groups (broad SMARTS) is 1. The number of nitrogens with one attached hydrogen (secondary N) is 1. The number of carboxylic acids is 1. The molecule has 0 spiro atoms. The lowest BCUT2D eigenvalue weighted by Crippen LogP contribution is -2.27. The van der Waals surface area contributed by atoms with Gasteiger partial charge < -0.3 is 24.6 Å². The van der Waals surface area contributed by atoms with Gasteiger partial charge in [-0.2, -0.15) is 0 Å². The van der Waals surface area contributed by atoms with Crippen LogP contribution in [0.3, 0.4) is 0 Å². The van der Waals surface area contributed by atoms with Gasteiger partial charge in [-0.05, 0) is 28.7 Å². The lowest BCUT2D eigenvalue weighted by molar-refractivity contribution is -0.151. The van der Waals surface area contributed by atoms with Crippen molar-refractivity contribution in [3.8, 4) is 11.1 Å². The number of hydrogen-bond acceptors (Lipinski definition) is 7. The predicted octanol–water partition coefficient (Wildman–Crippen LogP) is 2.91. The van der Waals surface area contributed by atoms with E-state index in [1.165, 1.54) is 11.1 Å². The number of benzene rings is 2. The van der Waals surface area contributed by atoms with Crippen molar-refractivity contribution in [2.24, 2.45) is 0 Å². The van der Waals surface area contributed by atoms with E-state index in [1.54, 1.807) is 0 Å². The highest BCUT2D eigenvalue weighted by Crippen LogP contribution is 2.44. The van der Waals surface area contributed by atoms with Crippen molar-refractivity contribution in [1.29, 1.82) is 0 Å². The number of Topliss-reactive ketones (excluding diaryl/α,β-unsaturated/α-hetero) is 1. The summed E-state index contributed by atoms with van der Waals surface area (Å²) in [5.74, 6) is -3.25. The van der Waals surface area contributed by atoms with E-state index in [1.807, 2.05) is 24.3 Å². The van der Waals surface area contributed by atoms with Crippen LogP contribution in [-0.2, 0) is 28.6 Å². The van der Waals surface area contributed by atoms with Crippen LogP contribution in [0.2, 0.25) is 0 Å². The average Bonchev–Trinajstić information content (AvgIpc) is 3.16. The van der Waals surface area contributed by atoms with Gasteiger partial charge in [0.15, 0.2) is 0 Å². The number of hydrogen-bond donors (Lipinski definition) is 2. The first kappa shape index (κ1) is 24.9. The molecule has 2 aromatic rings. The first-order chi connectivity index (χ1) is 16.5. The topological polar surface area (TPSA) is 128 Å². The van der Waals surface area contributed by atoms with Crippen molar-refractivity contribution in [3.63, 3.8) is 0 Å². The van der Waals surface area contributed by atoms with Gasteiger partial charge in [0.25, 0.3) is 0 Å². The largest absolute Gasteiger partial charge is 0.476 e. The summed E-state index contributed by atoms with van der Waals surface area (Å²) >= 11 is 0. The van der Waals surface area contributed by atoms with Crippen LogP contribution >= 0.6 is 0 Å². The number of rotatable bonds is 13. The third-order valence-electron chi connectivity index (χ3n) is 5.36. The van der Waals surface area contributed by atoms with E-state index in [4.69, 9.17) is 19.3 Å². The number of fused-ring (bicyclic) bond motifs is 3. The van der Waals surface area contributed by atoms with Crippen LogP contribution < -0.4 is 5.32 Å². The Balaban J connectivity index is 1.25. The third kappa shape index (κ3) is 6.89. The maximum Gasteiger partial charge on any atom is 0.407 e. The molecule has 0 aromatic heterocycles. The molecule has 0 bridgehead atoms. The zero-order valence-electron chi connectivity index (χ0n) is 18.7. The maximum atomic E-state index is 12.1. The molecule has 0 saturated heterocycles. The Morgan fingerprint density at radius 1 is 0.824 bits per heavy atom. The minimum absolute atomic E-state index is 0.0000970. The molecule has 0 saturated carbocycles. The molecule has 9 nitrogen and oxygen atoms in total. The number of carbonyl (C=O) groups excluding carboxylic acids is 3. The van der Waals surface area contributed by atoms with Gasteiger partial charge in [0.1, 0.15) is 13.2 Å². The molecule has 34 heavy (non-hydrogen) atoms. The van der Waals surface area contributed by atoms with Crippen molar-refractivity contribution in [1.82, 2.24) is 5.32 Å². The molecule has 0 aliphatic heterocycles. The molecule has 2 aromatic carbocycles. The molecule has 3 rings (SSSR count). The number of ketones is 1. The Labute approximate surface area is 197 Å². The minimum atomic E-state index is -1.57. The monoisotopic (exact) mass is 469 g/mol. The number of alkyl carbamates (subject to hydrolysis) is 1. The van der Waals surface area contributed by atoms with Crippen LogP contribution in [0, 0.1) is 0 Å². The van der Waals surface area contributed by atoms with Crippen LogP contribution in [0.25, 0.3) is 11.1 Å². The zero-order valence-corrected chi connectivity index (χ0v) is 18.7. The molecule has 0 heterocycles. The average molecular weight is 469 g/mol. The number of aliphatic carboxylic acids is 1. The third-order valence-corrected chi connectivity index (χ3v) is 5.36. The first-order valence-corrected chi connectivity index (χ1v) is 11.1.